The Labute approximate surface area is 700 Å². The third kappa shape index (κ3) is 22.9. The maximum Gasteiger partial charge on any atom is 0.330 e. The lowest BCUT2D eigenvalue weighted by molar-refractivity contribution is -0.154. The smallest absolute Gasteiger partial charge is 0.330 e. The molecule has 1 unspecified atom stereocenters. The zero-order valence-corrected chi connectivity index (χ0v) is 68.4. The molecule has 3 aromatic heterocycles. The number of benzene rings is 6. The number of aromatic amines is 2. The normalized spacial score (nSPS) is 16.7. The van der Waals surface area contributed by atoms with E-state index in [0.717, 1.165) is 38.6 Å². The topological polar surface area (TPSA) is 367 Å². The number of nitriles is 2. The number of anilines is 1. The average molecular weight is 1660 g/mol. The van der Waals surface area contributed by atoms with Crippen molar-refractivity contribution in [1.82, 2.24) is 15.0 Å². The Morgan fingerprint density at radius 3 is 1.24 bits per heavy atom. The first-order valence-electron chi connectivity index (χ1n) is 39.5. The summed E-state index contributed by atoms with van der Waals surface area (Å²) in [6.45, 7) is 13.9. The van der Waals surface area contributed by atoms with Crippen molar-refractivity contribution in [3.8, 4) is 57.7 Å². The molecule has 28 heteroatoms. The molecule has 12 rings (SSSR count). The third-order valence-electron chi connectivity index (χ3n) is 20.6. The largest absolute Gasteiger partial charge is 0.465 e. The minimum Gasteiger partial charge on any atom is -0.465 e. The minimum absolute atomic E-state index is 0.0147. The highest BCUT2D eigenvalue weighted by atomic mass is 32.2. The fraction of sp³-hybridized carbons (Fsp3) is 0.337. The van der Waals surface area contributed by atoms with Crippen LogP contribution >= 0.6 is 23.1 Å². The number of esters is 10. The lowest BCUT2D eigenvalue weighted by Gasteiger charge is -2.25. The number of ether oxygens (including phenoxy) is 10. The van der Waals surface area contributed by atoms with Crippen LogP contribution in [-0.4, -0.2) is 120 Å². The summed E-state index contributed by atoms with van der Waals surface area (Å²) in [5, 5.41) is 28.2. The predicted octanol–water partition coefficient (Wildman–Crippen LogP) is 14.3. The second kappa shape index (κ2) is 40.0. The van der Waals surface area contributed by atoms with E-state index in [1.807, 2.05) is 48.5 Å². The molecule has 2 aliphatic carbocycles. The highest BCUT2D eigenvalue weighted by Crippen LogP contribution is 2.43. The molecule has 3 aliphatic rings. The summed E-state index contributed by atoms with van der Waals surface area (Å²) in [5.41, 5.74) is 4.83. The number of hydrogen-bond acceptors (Lipinski definition) is 26. The number of hydrogen-bond donors (Lipinski definition) is 3. The van der Waals surface area contributed by atoms with Gasteiger partial charge in [0.05, 0.1) is 127 Å². The SMILES string of the molecule is C=CC(=O)OCC(C)(C)COC(=O)CCC(=O)OCCc1ccc(OC(=O)C2CCC(C(=O)Oc3ccc(-c4[nH]/c(=C(/C#N)C5Nc6ccccc6S5)c5c(-c6ccc(OC(=O)C7CCC(C(=O)Oc8ccc(CCOC(=O)CCC(=O)OCC(C)(C)COC(=O)C=C)cc8)CC7)cc6)[nH]/c(=C(/C#N)c6nc7ccccc7s6)c45)cc3)CC2)cc1. The Kier molecular flexibility index (Phi) is 28.8. The number of nitrogens with zero attached hydrogens (tertiary/aromatic N) is 3. The van der Waals surface area contributed by atoms with Crippen LogP contribution in [0.15, 0.2) is 176 Å². The van der Waals surface area contributed by atoms with Gasteiger partial charge in [-0.2, -0.15) is 10.5 Å². The molecule has 120 heavy (non-hydrogen) atoms. The van der Waals surface area contributed by atoms with Crippen molar-refractivity contribution in [2.75, 3.05) is 45.0 Å². The number of aromatic nitrogens is 3. The summed E-state index contributed by atoms with van der Waals surface area (Å²) in [5.74, 6) is -5.91. The molecular weight excluding hydrogens is 1570 g/mol. The van der Waals surface area contributed by atoms with E-state index < -0.39 is 99.6 Å². The lowest BCUT2D eigenvalue weighted by atomic mass is 9.82. The van der Waals surface area contributed by atoms with Gasteiger partial charge in [0.1, 0.15) is 51.1 Å². The van der Waals surface area contributed by atoms with Gasteiger partial charge in [0.25, 0.3) is 0 Å². The van der Waals surface area contributed by atoms with Gasteiger partial charge < -0.3 is 62.7 Å². The van der Waals surface area contributed by atoms with Crippen LogP contribution in [0.1, 0.15) is 121 Å². The van der Waals surface area contributed by atoms with Crippen LogP contribution in [0, 0.1) is 57.2 Å². The Morgan fingerprint density at radius 1 is 0.467 bits per heavy atom. The molecule has 9 aromatic rings. The van der Waals surface area contributed by atoms with E-state index in [2.05, 4.69) is 40.6 Å². The zero-order valence-electron chi connectivity index (χ0n) is 66.8. The summed E-state index contributed by atoms with van der Waals surface area (Å²) < 4.78 is 55.8. The van der Waals surface area contributed by atoms with Gasteiger partial charge in [0, 0.05) is 57.2 Å². The van der Waals surface area contributed by atoms with E-state index in [1.165, 1.54) is 23.1 Å². The van der Waals surface area contributed by atoms with E-state index in [0.29, 0.717) is 136 Å². The predicted molar refractivity (Wildman–Crippen MR) is 445 cm³/mol. The molecule has 1 atom stereocenters. The van der Waals surface area contributed by atoms with Crippen molar-refractivity contribution in [3.63, 3.8) is 0 Å². The molecule has 4 heterocycles. The van der Waals surface area contributed by atoms with Gasteiger partial charge >= 0.3 is 59.7 Å². The molecule has 0 amide bonds. The first kappa shape index (κ1) is 86.4. The fourth-order valence-electron chi connectivity index (χ4n) is 13.9. The second-order valence-corrected chi connectivity index (χ2v) is 33.1. The molecule has 6 aromatic carbocycles. The number of nitrogens with one attached hydrogen (secondary N) is 3. The van der Waals surface area contributed by atoms with Crippen molar-refractivity contribution >= 4 is 121 Å². The first-order chi connectivity index (χ1) is 57.8. The van der Waals surface area contributed by atoms with Crippen LogP contribution in [0.25, 0.3) is 54.7 Å². The molecule has 2 fully saturated rings. The van der Waals surface area contributed by atoms with E-state index in [9.17, 15) is 58.5 Å². The Morgan fingerprint density at radius 2 is 0.842 bits per heavy atom. The molecule has 620 valence electrons. The second-order valence-electron chi connectivity index (χ2n) is 31.0. The number of para-hydroxylation sites is 2. The fourth-order valence-corrected chi connectivity index (χ4v) is 16.0. The third-order valence-corrected chi connectivity index (χ3v) is 22.9. The van der Waals surface area contributed by atoms with Gasteiger partial charge in [-0.1, -0.05) is 101 Å². The van der Waals surface area contributed by atoms with Gasteiger partial charge in [-0.3, -0.25) is 38.4 Å². The summed E-state index contributed by atoms with van der Waals surface area (Å²) in [6.07, 6.45) is 5.24. The molecular formula is C92H90N6O20S2. The maximum absolute atomic E-state index is 13.9. The van der Waals surface area contributed by atoms with Gasteiger partial charge in [-0.15, -0.1) is 11.3 Å². The Balaban J connectivity index is 0.673. The van der Waals surface area contributed by atoms with Crippen LogP contribution in [-0.2, 0) is 89.2 Å². The number of carbonyl (C=O) groups is 10. The Bertz CT molecular complexity index is 5300. The van der Waals surface area contributed by atoms with E-state index in [-0.39, 0.29) is 82.4 Å². The van der Waals surface area contributed by atoms with Crippen molar-refractivity contribution in [3.05, 3.63) is 198 Å². The molecule has 1 aliphatic heterocycles. The molecule has 3 N–H and O–H groups in total. The van der Waals surface area contributed by atoms with Crippen LogP contribution in [0.4, 0.5) is 5.69 Å². The van der Waals surface area contributed by atoms with Crippen LogP contribution in [0.2, 0.25) is 0 Å². The van der Waals surface area contributed by atoms with Gasteiger partial charge in [0.15, 0.2) is 0 Å². The monoisotopic (exact) mass is 1660 g/mol. The van der Waals surface area contributed by atoms with E-state index >= 15 is 0 Å². The molecule has 0 saturated heterocycles. The Hall–Kier alpha value is -12.9. The van der Waals surface area contributed by atoms with Gasteiger partial charge in [-0.25, -0.2) is 14.6 Å². The van der Waals surface area contributed by atoms with Gasteiger partial charge in [0.2, 0.25) is 0 Å². The average Bonchev–Trinajstić information content (AvgIpc) is 1.56. The van der Waals surface area contributed by atoms with E-state index in [4.69, 9.17) is 52.4 Å². The quantitative estimate of drug-likeness (QED) is 0.0146. The van der Waals surface area contributed by atoms with Crippen molar-refractivity contribution in [1.29, 1.82) is 10.5 Å². The number of fused-ring (bicyclic) bond motifs is 3. The number of thioether (sulfide) groups is 1. The van der Waals surface area contributed by atoms with Crippen LogP contribution < -0.4 is 35.0 Å². The molecule has 26 nitrogen and oxygen atoms in total. The number of thiazole rings is 1. The van der Waals surface area contributed by atoms with Crippen LogP contribution in [0.5, 0.6) is 23.0 Å². The summed E-state index contributed by atoms with van der Waals surface area (Å²) in [6, 6.07) is 48.0. The highest BCUT2D eigenvalue weighted by molar-refractivity contribution is 8.01. The van der Waals surface area contributed by atoms with Gasteiger partial charge in [-0.05, 0) is 171 Å². The van der Waals surface area contributed by atoms with Crippen LogP contribution in [0.3, 0.4) is 0 Å². The molecule has 0 radical (unpaired) electrons. The summed E-state index contributed by atoms with van der Waals surface area (Å²) in [4.78, 5) is 140. The number of carbonyl (C=O) groups excluding carboxylic acids is 10. The van der Waals surface area contributed by atoms with Crippen molar-refractivity contribution < 1.29 is 95.3 Å². The molecule has 0 spiro atoms. The van der Waals surface area contributed by atoms with E-state index in [1.54, 1.807) is 125 Å². The molecule has 2 saturated carbocycles. The summed E-state index contributed by atoms with van der Waals surface area (Å²) >= 11 is 2.85. The first-order valence-corrected chi connectivity index (χ1v) is 41.2. The minimum atomic E-state index is -0.638. The standard InChI is InChI=1S/C92H90N6O20S2/c1-7-73(99)111-51-91(3,4)53-113-77(103)43-41-75(101)109-47-45-55-17-33-63(34-18-55)115-87(105)59-21-25-61(26-22-59)89(107)117-65-37-29-57(30-38-65)81-79-80(84(97-81)68(50-94)86-96-70-14-10-12-16-72(70)120-86)82(98-83(79)67(49-93)85-95-69-13-9-11-15-71(69)119-85)58-31-39-66(40-32-58)118-90(108)62-27-23-60(24-28-62)88(106)116-64-35-19-56(20-36-64)46-48-110-76(102)42-44-78(104)114-54-92(5,6)52-112-74(100)8-2/h7-20,29-40,59-62,85,95,97-98H,1-2,21-28,41-48,51-54H2,3-6H3/b83-67-,84-68-. The number of H-pyrrole nitrogens is 2. The number of rotatable bonds is 34. The maximum atomic E-state index is 13.9. The zero-order chi connectivity index (χ0) is 85.0. The highest BCUT2D eigenvalue weighted by Gasteiger charge is 2.36. The van der Waals surface area contributed by atoms with Crippen molar-refractivity contribution in [2.45, 2.75) is 128 Å². The lowest BCUT2D eigenvalue weighted by Crippen LogP contribution is -2.30. The molecule has 0 bridgehead atoms. The van der Waals surface area contributed by atoms with Crippen molar-refractivity contribution in [2.24, 2.45) is 34.5 Å². The summed E-state index contributed by atoms with van der Waals surface area (Å²) in [7, 11) is 0.